The molecule has 0 aliphatic carbocycles. The average molecular weight is 349 g/mol. The second kappa shape index (κ2) is 6.00. The van der Waals surface area contributed by atoms with E-state index >= 15 is 0 Å². The second-order valence-electron chi connectivity index (χ2n) is 5.16. The van der Waals surface area contributed by atoms with Gasteiger partial charge in [0.05, 0.1) is 0 Å². The van der Waals surface area contributed by atoms with Crippen LogP contribution >= 0.6 is 0 Å². The summed E-state index contributed by atoms with van der Waals surface area (Å²) in [6.07, 6.45) is 2.78. The number of carbonyl (C=O) groups excluding carboxylic acids is 2. The third-order valence-corrected chi connectivity index (χ3v) is 5.28. The molecule has 0 saturated carbocycles. The highest BCUT2D eigenvalue weighted by molar-refractivity contribution is 7.92. The molecule has 7 nitrogen and oxygen atoms in total. The van der Waals surface area contributed by atoms with Gasteiger partial charge in [-0.25, -0.2) is 17.8 Å². The first-order valence-corrected chi connectivity index (χ1v) is 8.60. The number of nitrogens with one attached hydrogen (secondary N) is 1. The monoisotopic (exact) mass is 349 g/mol. The van der Waals surface area contributed by atoms with Crippen LogP contribution in [0.4, 0.5) is 4.39 Å². The molecule has 2 amide bonds. The minimum Gasteiger partial charge on any atom is -0.272 e. The molecule has 0 radical (unpaired) electrons. The Balaban J connectivity index is 1.95. The largest absolute Gasteiger partial charge is 0.272 e. The van der Waals surface area contributed by atoms with Gasteiger partial charge in [-0.15, -0.1) is 0 Å². The number of sulfone groups is 1. The topological polar surface area (TPSA) is 96.4 Å². The van der Waals surface area contributed by atoms with E-state index < -0.39 is 38.6 Å². The molecule has 1 N–H and O–H groups in total. The first-order valence-electron chi connectivity index (χ1n) is 6.88. The number of aromatic nitrogens is 1. The smallest absolute Gasteiger partial charge is 0.270 e. The molecule has 1 aromatic carbocycles. The summed E-state index contributed by atoms with van der Waals surface area (Å²) in [4.78, 5) is 28.0. The molecule has 24 heavy (non-hydrogen) atoms. The number of hydrogen-bond acceptors (Lipinski definition) is 5. The SMILES string of the molecule is O=C(NN1C(=O)CS(=O)(=O)[C@H]1c1cccc(F)c1)c1ccncc1. The summed E-state index contributed by atoms with van der Waals surface area (Å²) in [6.45, 7) is 0. The van der Waals surface area contributed by atoms with Crippen molar-refractivity contribution in [2.45, 2.75) is 5.37 Å². The molecule has 9 heteroatoms. The van der Waals surface area contributed by atoms with Crippen molar-refractivity contribution in [3.8, 4) is 0 Å². The summed E-state index contributed by atoms with van der Waals surface area (Å²) >= 11 is 0. The number of hydrazine groups is 1. The Morgan fingerprint density at radius 1 is 1.25 bits per heavy atom. The van der Waals surface area contributed by atoms with E-state index in [0.29, 0.717) is 0 Å². The quantitative estimate of drug-likeness (QED) is 0.885. The molecule has 1 aromatic heterocycles. The molecule has 124 valence electrons. The molecule has 0 bridgehead atoms. The van der Waals surface area contributed by atoms with Crippen LogP contribution in [0.1, 0.15) is 21.3 Å². The number of benzene rings is 1. The van der Waals surface area contributed by atoms with E-state index in [0.717, 1.165) is 17.1 Å². The van der Waals surface area contributed by atoms with E-state index in [4.69, 9.17) is 0 Å². The number of nitrogens with zero attached hydrogens (tertiary/aromatic N) is 2. The fraction of sp³-hybridized carbons (Fsp3) is 0.133. The van der Waals surface area contributed by atoms with Crippen LogP contribution in [-0.2, 0) is 14.6 Å². The van der Waals surface area contributed by atoms with Crippen molar-refractivity contribution >= 4 is 21.7 Å². The van der Waals surface area contributed by atoms with Crippen molar-refractivity contribution in [1.29, 1.82) is 0 Å². The highest BCUT2D eigenvalue weighted by atomic mass is 32.2. The van der Waals surface area contributed by atoms with E-state index in [1.54, 1.807) is 0 Å². The van der Waals surface area contributed by atoms with Crippen molar-refractivity contribution in [3.63, 3.8) is 0 Å². The molecule has 3 rings (SSSR count). The average Bonchev–Trinajstić information content (AvgIpc) is 2.76. The fourth-order valence-corrected chi connectivity index (χ4v) is 4.12. The van der Waals surface area contributed by atoms with Crippen molar-refractivity contribution < 1.29 is 22.4 Å². The number of pyridine rings is 1. The van der Waals surface area contributed by atoms with Gasteiger partial charge in [-0.1, -0.05) is 12.1 Å². The lowest BCUT2D eigenvalue weighted by molar-refractivity contribution is -0.130. The number of amides is 2. The summed E-state index contributed by atoms with van der Waals surface area (Å²) in [5, 5.41) is -0.737. The Morgan fingerprint density at radius 3 is 2.62 bits per heavy atom. The normalized spacial score (nSPS) is 19.3. The van der Waals surface area contributed by atoms with Crippen molar-refractivity contribution in [2.24, 2.45) is 0 Å². The number of halogens is 1. The molecule has 2 heterocycles. The van der Waals surface area contributed by atoms with E-state index in [-0.39, 0.29) is 11.1 Å². The van der Waals surface area contributed by atoms with Gasteiger partial charge in [-0.2, -0.15) is 0 Å². The van der Waals surface area contributed by atoms with E-state index in [1.807, 2.05) is 0 Å². The fourth-order valence-electron chi connectivity index (χ4n) is 2.43. The maximum absolute atomic E-state index is 13.4. The third-order valence-electron chi connectivity index (χ3n) is 3.47. The molecule has 1 fully saturated rings. The standard InChI is InChI=1S/C15H12FN3O4S/c16-12-3-1-2-11(8-12)15-19(13(20)9-24(15,22)23)18-14(21)10-4-6-17-7-5-10/h1-8,15H,9H2,(H,18,21)/t15-/m0/s1. The zero-order valence-corrected chi connectivity index (χ0v) is 13.0. The van der Waals surface area contributed by atoms with Crippen LogP contribution in [0, 0.1) is 5.82 Å². The summed E-state index contributed by atoms with van der Waals surface area (Å²) in [5.41, 5.74) is 2.56. The van der Waals surface area contributed by atoms with Gasteiger partial charge < -0.3 is 0 Å². The Morgan fingerprint density at radius 2 is 1.96 bits per heavy atom. The van der Waals surface area contributed by atoms with Gasteiger partial charge in [0, 0.05) is 18.0 Å². The van der Waals surface area contributed by atoms with Crippen LogP contribution in [0.2, 0.25) is 0 Å². The van der Waals surface area contributed by atoms with Crippen LogP contribution in [-0.4, -0.2) is 36.0 Å². The summed E-state index contributed by atoms with van der Waals surface area (Å²) in [6, 6.07) is 7.74. The van der Waals surface area contributed by atoms with Gasteiger partial charge >= 0.3 is 0 Å². The summed E-state index contributed by atoms with van der Waals surface area (Å²) in [7, 11) is -3.90. The van der Waals surface area contributed by atoms with Crippen LogP contribution in [0.15, 0.2) is 48.8 Å². The molecule has 1 atom stereocenters. The lowest BCUT2D eigenvalue weighted by atomic mass is 10.2. The molecular weight excluding hydrogens is 337 g/mol. The lowest BCUT2D eigenvalue weighted by Gasteiger charge is -2.24. The zero-order valence-electron chi connectivity index (χ0n) is 12.2. The first kappa shape index (κ1) is 16.1. The number of carbonyl (C=O) groups is 2. The Labute approximate surface area is 137 Å². The summed E-state index contributed by atoms with van der Waals surface area (Å²) < 4.78 is 38.0. The minimum atomic E-state index is -3.90. The molecule has 1 aliphatic heterocycles. The van der Waals surface area contributed by atoms with Gasteiger partial charge in [0.2, 0.25) is 0 Å². The summed E-state index contributed by atoms with van der Waals surface area (Å²) in [5.74, 6) is -2.84. The third kappa shape index (κ3) is 2.98. The highest BCUT2D eigenvalue weighted by Crippen LogP contribution is 2.32. The van der Waals surface area contributed by atoms with E-state index in [9.17, 15) is 22.4 Å². The van der Waals surface area contributed by atoms with Crippen molar-refractivity contribution in [3.05, 3.63) is 65.7 Å². The zero-order chi connectivity index (χ0) is 17.3. The Bertz CT molecular complexity index is 902. The molecule has 2 aromatic rings. The molecule has 0 spiro atoms. The predicted octanol–water partition coefficient (Wildman–Crippen LogP) is 0.821. The minimum absolute atomic E-state index is 0.0656. The maximum atomic E-state index is 13.4. The van der Waals surface area contributed by atoms with Crippen LogP contribution < -0.4 is 5.43 Å². The maximum Gasteiger partial charge on any atom is 0.270 e. The first-order chi connectivity index (χ1) is 11.4. The van der Waals surface area contributed by atoms with E-state index in [1.165, 1.54) is 36.7 Å². The Hall–Kier alpha value is -2.81. The highest BCUT2D eigenvalue weighted by Gasteiger charge is 2.46. The number of rotatable bonds is 3. The number of hydrogen-bond donors (Lipinski definition) is 1. The second-order valence-corrected chi connectivity index (χ2v) is 7.22. The molecule has 0 unspecified atom stereocenters. The predicted molar refractivity (Wildman–Crippen MR) is 81.5 cm³/mol. The van der Waals surface area contributed by atoms with Gasteiger partial charge in [0.15, 0.2) is 15.2 Å². The van der Waals surface area contributed by atoms with E-state index in [2.05, 4.69) is 10.4 Å². The van der Waals surface area contributed by atoms with Crippen LogP contribution in [0.5, 0.6) is 0 Å². The van der Waals surface area contributed by atoms with Gasteiger partial charge in [-0.05, 0) is 29.8 Å². The molecule has 1 saturated heterocycles. The lowest BCUT2D eigenvalue weighted by Crippen LogP contribution is -2.45. The Kier molecular flexibility index (Phi) is 4.02. The van der Waals surface area contributed by atoms with Gasteiger partial charge in [-0.3, -0.25) is 20.0 Å². The van der Waals surface area contributed by atoms with Crippen LogP contribution in [0.3, 0.4) is 0 Å². The molecule has 1 aliphatic rings. The van der Waals surface area contributed by atoms with Gasteiger partial charge in [0.25, 0.3) is 11.8 Å². The van der Waals surface area contributed by atoms with Crippen molar-refractivity contribution in [2.75, 3.05) is 5.75 Å². The van der Waals surface area contributed by atoms with Gasteiger partial charge in [0.1, 0.15) is 11.6 Å². The molecular formula is C15H12FN3O4S. The van der Waals surface area contributed by atoms with Crippen molar-refractivity contribution in [1.82, 2.24) is 15.4 Å². The van der Waals surface area contributed by atoms with Crippen LogP contribution in [0.25, 0.3) is 0 Å².